The smallest absolute Gasteiger partial charge is 0.340 e. The lowest BCUT2D eigenvalue weighted by atomic mass is 10.0. The van der Waals surface area contributed by atoms with Gasteiger partial charge in [0.2, 0.25) is 0 Å². The molecule has 2 heterocycles. The monoisotopic (exact) mass is 426 g/mol. The van der Waals surface area contributed by atoms with E-state index in [4.69, 9.17) is 4.74 Å². The number of ether oxygens (including phenoxy) is 1. The van der Waals surface area contributed by atoms with Crippen molar-refractivity contribution in [1.29, 1.82) is 0 Å². The molecule has 0 radical (unpaired) electrons. The number of fused-ring (bicyclic) bond motifs is 2. The summed E-state index contributed by atoms with van der Waals surface area (Å²) in [5.41, 5.74) is 2.07. The van der Waals surface area contributed by atoms with Crippen LogP contribution in [0.5, 0.6) is 0 Å². The molecule has 0 saturated carbocycles. The van der Waals surface area contributed by atoms with Crippen LogP contribution in [0.3, 0.4) is 0 Å². The van der Waals surface area contributed by atoms with Crippen LogP contribution in [0.15, 0.2) is 83.7 Å². The van der Waals surface area contributed by atoms with Crippen LogP contribution in [-0.2, 0) is 11.5 Å². The summed E-state index contributed by atoms with van der Waals surface area (Å²) in [6, 6.07) is 21.4. The number of halogens is 1. The number of para-hydroxylation sites is 1. The van der Waals surface area contributed by atoms with Crippen molar-refractivity contribution in [3.63, 3.8) is 0 Å². The van der Waals surface area contributed by atoms with E-state index in [1.807, 2.05) is 6.07 Å². The van der Waals surface area contributed by atoms with Crippen LogP contribution >= 0.6 is 0 Å². The van der Waals surface area contributed by atoms with Crippen molar-refractivity contribution in [2.75, 3.05) is 0 Å². The fourth-order valence-electron chi connectivity index (χ4n) is 3.42. The highest BCUT2D eigenvalue weighted by Crippen LogP contribution is 2.25. The lowest BCUT2D eigenvalue weighted by Gasteiger charge is -2.11. The lowest BCUT2D eigenvalue weighted by Crippen LogP contribution is -2.26. The first-order chi connectivity index (χ1) is 15.6. The van der Waals surface area contributed by atoms with E-state index in [0.29, 0.717) is 33.1 Å². The molecule has 7 nitrogen and oxygen atoms in total. The molecule has 5 rings (SSSR count). The van der Waals surface area contributed by atoms with Crippen LogP contribution in [0.4, 0.5) is 4.39 Å². The number of nitrogens with zero attached hydrogens (tertiary/aromatic N) is 4. The predicted octanol–water partition coefficient (Wildman–Crippen LogP) is 3.96. The van der Waals surface area contributed by atoms with E-state index >= 15 is 0 Å². The van der Waals surface area contributed by atoms with Crippen LogP contribution in [-0.4, -0.2) is 25.9 Å². The Hall–Kier alpha value is -4.46. The summed E-state index contributed by atoms with van der Waals surface area (Å²) in [7, 11) is 0. The minimum absolute atomic E-state index is 0.275. The Labute approximate surface area is 180 Å². The van der Waals surface area contributed by atoms with Gasteiger partial charge in [0.25, 0.3) is 5.56 Å². The molecule has 0 N–H and O–H groups in total. The molecule has 0 fully saturated rings. The van der Waals surface area contributed by atoms with Crippen molar-refractivity contribution in [3.8, 4) is 11.3 Å². The maximum Gasteiger partial charge on any atom is 0.340 e. The van der Waals surface area contributed by atoms with E-state index in [1.54, 1.807) is 60.7 Å². The number of esters is 1. The molecule has 0 spiro atoms. The van der Waals surface area contributed by atoms with Gasteiger partial charge in [-0.15, -0.1) is 5.10 Å². The molecule has 156 valence electrons. The number of aromatic nitrogens is 4. The fraction of sp³-hybridized carbons (Fsp3) is 0.0417. The Morgan fingerprint density at radius 1 is 0.906 bits per heavy atom. The predicted molar refractivity (Wildman–Crippen MR) is 116 cm³/mol. The molecule has 0 aliphatic carbocycles. The Morgan fingerprint density at radius 2 is 1.59 bits per heavy atom. The zero-order valence-corrected chi connectivity index (χ0v) is 16.6. The number of carbonyl (C=O) groups excluding carboxylic acids is 1. The van der Waals surface area contributed by atoms with Gasteiger partial charge in [0.1, 0.15) is 11.3 Å². The van der Waals surface area contributed by atoms with Crippen molar-refractivity contribution < 1.29 is 13.9 Å². The minimum Gasteiger partial charge on any atom is -0.439 e. The summed E-state index contributed by atoms with van der Waals surface area (Å²) in [5.74, 6) is -1.01. The highest BCUT2D eigenvalue weighted by atomic mass is 19.1. The molecule has 0 bridgehead atoms. The first kappa shape index (κ1) is 19.5. The molecule has 2 aromatic heterocycles. The maximum absolute atomic E-state index is 13.3. The summed E-state index contributed by atoms with van der Waals surface area (Å²) in [6.07, 6.45) is 0. The molecule has 8 heteroatoms. The maximum atomic E-state index is 13.3. The van der Waals surface area contributed by atoms with Crippen molar-refractivity contribution in [1.82, 2.24) is 20.0 Å². The number of hydrogen-bond donors (Lipinski definition) is 0. The third-order valence-corrected chi connectivity index (χ3v) is 5.02. The Morgan fingerprint density at radius 3 is 2.38 bits per heavy atom. The van der Waals surface area contributed by atoms with Gasteiger partial charge >= 0.3 is 5.97 Å². The highest BCUT2D eigenvalue weighted by Gasteiger charge is 2.16. The van der Waals surface area contributed by atoms with E-state index in [1.165, 1.54) is 12.1 Å². The first-order valence-electron chi connectivity index (χ1n) is 9.75. The van der Waals surface area contributed by atoms with Gasteiger partial charge in [0.15, 0.2) is 6.73 Å². The van der Waals surface area contributed by atoms with Crippen LogP contribution in [0, 0.1) is 5.82 Å². The molecule has 0 saturated heterocycles. The molecular formula is C24H15FN4O3. The summed E-state index contributed by atoms with van der Waals surface area (Å²) in [4.78, 5) is 30.1. The second kappa shape index (κ2) is 7.99. The first-order valence-corrected chi connectivity index (χ1v) is 9.75. The SMILES string of the molecule is O=C(OCn1nnc2ccccc2c1=O)c1cc(-c2ccc(F)cc2)nc2ccccc12. The zero-order valence-electron chi connectivity index (χ0n) is 16.6. The summed E-state index contributed by atoms with van der Waals surface area (Å²) in [5, 5.41) is 8.80. The minimum atomic E-state index is -0.645. The number of rotatable bonds is 4. The normalized spacial score (nSPS) is 11.0. The number of pyridine rings is 1. The van der Waals surface area contributed by atoms with Crippen molar-refractivity contribution in [3.05, 3.63) is 101 Å². The van der Waals surface area contributed by atoms with Crippen LogP contribution in [0.1, 0.15) is 10.4 Å². The Balaban J connectivity index is 1.50. The lowest BCUT2D eigenvalue weighted by molar-refractivity contribution is 0.0338. The quantitative estimate of drug-likeness (QED) is 0.404. The van der Waals surface area contributed by atoms with E-state index in [2.05, 4.69) is 15.3 Å². The van der Waals surface area contributed by atoms with Crippen molar-refractivity contribution in [2.45, 2.75) is 6.73 Å². The van der Waals surface area contributed by atoms with Gasteiger partial charge in [-0.2, -0.15) is 4.68 Å². The Kier molecular flexibility index (Phi) is 4.87. The molecular weight excluding hydrogens is 411 g/mol. The van der Waals surface area contributed by atoms with E-state index in [0.717, 1.165) is 4.68 Å². The van der Waals surface area contributed by atoms with E-state index in [-0.39, 0.29) is 11.4 Å². The topological polar surface area (TPSA) is 87.0 Å². The van der Waals surface area contributed by atoms with Crippen molar-refractivity contribution >= 4 is 27.8 Å². The molecule has 0 aliphatic heterocycles. The van der Waals surface area contributed by atoms with Crippen LogP contribution < -0.4 is 5.56 Å². The number of hydrogen-bond acceptors (Lipinski definition) is 6. The highest BCUT2D eigenvalue weighted by molar-refractivity contribution is 6.04. The second-order valence-corrected chi connectivity index (χ2v) is 7.05. The summed E-state index contributed by atoms with van der Waals surface area (Å²) >= 11 is 0. The zero-order chi connectivity index (χ0) is 22.1. The molecule has 0 atom stereocenters. The fourth-order valence-corrected chi connectivity index (χ4v) is 3.42. The van der Waals surface area contributed by atoms with Crippen LogP contribution in [0.25, 0.3) is 33.1 Å². The molecule has 3 aromatic carbocycles. The molecule has 0 aliphatic rings. The number of carbonyl (C=O) groups is 1. The third-order valence-electron chi connectivity index (χ3n) is 5.02. The molecule has 0 unspecified atom stereocenters. The van der Waals surface area contributed by atoms with Gasteiger partial charge in [-0.05, 0) is 48.5 Å². The average Bonchev–Trinajstić information content (AvgIpc) is 2.83. The molecule has 32 heavy (non-hydrogen) atoms. The summed E-state index contributed by atoms with van der Waals surface area (Å²) < 4.78 is 19.7. The molecule has 5 aromatic rings. The molecule has 0 amide bonds. The summed E-state index contributed by atoms with van der Waals surface area (Å²) in [6.45, 7) is -0.391. The number of benzene rings is 3. The van der Waals surface area contributed by atoms with Gasteiger partial charge in [-0.1, -0.05) is 35.5 Å². The van der Waals surface area contributed by atoms with E-state index < -0.39 is 18.3 Å². The second-order valence-electron chi connectivity index (χ2n) is 7.05. The standard InChI is InChI=1S/C24H15FN4O3/c25-16-11-9-15(10-12-16)22-13-19(17-5-1-3-7-20(17)26-22)24(31)32-14-29-23(30)18-6-2-4-8-21(18)27-28-29/h1-13H,14H2. The average molecular weight is 426 g/mol. The van der Waals surface area contributed by atoms with Gasteiger partial charge in [-0.25, -0.2) is 14.2 Å². The van der Waals surface area contributed by atoms with E-state index in [9.17, 15) is 14.0 Å². The van der Waals surface area contributed by atoms with Gasteiger partial charge in [0, 0.05) is 10.9 Å². The van der Waals surface area contributed by atoms with Crippen molar-refractivity contribution in [2.24, 2.45) is 0 Å². The van der Waals surface area contributed by atoms with Gasteiger partial charge < -0.3 is 4.74 Å². The van der Waals surface area contributed by atoms with Gasteiger partial charge in [0.05, 0.1) is 22.2 Å². The van der Waals surface area contributed by atoms with Gasteiger partial charge in [-0.3, -0.25) is 4.79 Å². The Bertz CT molecular complexity index is 1530. The largest absolute Gasteiger partial charge is 0.439 e. The third kappa shape index (κ3) is 3.58. The van der Waals surface area contributed by atoms with Crippen LogP contribution in [0.2, 0.25) is 0 Å².